The van der Waals surface area contributed by atoms with Crippen LogP contribution in [0, 0.1) is 0 Å². The Hall–Kier alpha value is -1.04. The minimum absolute atomic E-state index is 0. The van der Waals surface area contributed by atoms with Crippen molar-refractivity contribution in [1.82, 2.24) is 4.90 Å². The van der Waals surface area contributed by atoms with Gasteiger partial charge in [0.25, 0.3) is 0 Å². The Morgan fingerprint density at radius 1 is 1.18 bits per heavy atom. The molecule has 2 N–H and O–H groups in total. The molecule has 2 aromatic rings. The van der Waals surface area contributed by atoms with Gasteiger partial charge in [0.1, 0.15) is 0 Å². The van der Waals surface area contributed by atoms with Crippen LogP contribution in [0.4, 0.5) is 0 Å². The normalized spacial score (nSPS) is 18.2. The molecular weight excluding hydrogens is 410 g/mol. The van der Waals surface area contributed by atoms with Crippen LogP contribution in [0.3, 0.4) is 0 Å². The Morgan fingerprint density at radius 3 is 2.55 bits per heavy atom. The number of phenols is 2. The number of rotatable bonds is 1. The summed E-state index contributed by atoms with van der Waals surface area (Å²) in [6.07, 6.45) is 0.851. The summed E-state index contributed by atoms with van der Waals surface area (Å²) >= 11 is 3.44. The number of likely N-dealkylation sites (N-methyl/N-ethyl adjacent to an activating group) is 1. The van der Waals surface area contributed by atoms with Crippen LogP contribution in [0.15, 0.2) is 40.9 Å². The van der Waals surface area contributed by atoms with Crippen LogP contribution in [-0.2, 0) is 6.42 Å². The molecular formula is C17H19Br2NO2. The van der Waals surface area contributed by atoms with Crippen LogP contribution in [0.5, 0.6) is 11.5 Å². The zero-order valence-electron chi connectivity index (χ0n) is 12.3. The molecule has 1 unspecified atom stereocenters. The van der Waals surface area contributed by atoms with Gasteiger partial charge in [-0.1, -0.05) is 30.3 Å². The SMILES string of the molecule is Br.CN1CCc2c(cc(O)c(O)c2Br)C(c2ccccc2)C1. The van der Waals surface area contributed by atoms with Gasteiger partial charge in [0.15, 0.2) is 11.5 Å². The largest absolute Gasteiger partial charge is 0.504 e. The minimum Gasteiger partial charge on any atom is -0.504 e. The molecule has 3 nitrogen and oxygen atoms in total. The van der Waals surface area contributed by atoms with Gasteiger partial charge in [0, 0.05) is 19.0 Å². The molecule has 1 aliphatic rings. The van der Waals surface area contributed by atoms with Crippen molar-refractivity contribution in [2.24, 2.45) is 0 Å². The van der Waals surface area contributed by atoms with Gasteiger partial charge in [-0.05, 0) is 52.2 Å². The second-order valence-electron chi connectivity index (χ2n) is 5.60. The number of fused-ring (bicyclic) bond motifs is 1. The third kappa shape index (κ3) is 3.16. The van der Waals surface area contributed by atoms with Gasteiger partial charge in [0.05, 0.1) is 4.47 Å². The lowest BCUT2D eigenvalue weighted by Gasteiger charge is -2.22. The summed E-state index contributed by atoms with van der Waals surface area (Å²) in [5.41, 5.74) is 3.40. The highest BCUT2D eigenvalue weighted by Gasteiger charge is 2.26. The van der Waals surface area contributed by atoms with E-state index >= 15 is 0 Å². The number of aromatic hydroxyl groups is 2. The summed E-state index contributed by atoms with van der Waals surface area (Å²) in [7, 11) is 2.11. The van der Waals surface area contributed by atoms with Gasteiger partial charge in [-0.3, -0.25) is 0 Å². The Bertz CT molecular complexity index is 661. The molecule has 22 heavy (non-hydrogen) atoms. The molecule has 0 amide bonds. The summed E-state index contributed by atoms with van der Waals surface area (Å²) in [6, 6.07) is 12.0. The lowest BCUT2D eigenvalue weighted by Crippen LogP contribution is -2.24. The average molecular weight is 429 g/mol. The molecule has 5 heteroatoms. The molecule has 3 rings (SSSR count). The van der Waals surface area contributed by atoms with E-state index < -0.39 is 0 Å². The molecule has 0 fully saturated rings. The third-order valence-electron chi connectivity index (χ3n) is 4.17. The Labute approximate surface area is 149 Å². The number of phenolic OH excluding ortho intramolecular Hbond substituents is 2. The number of halogens is 2. The molecule has 0 saturated carbocycles. The van der Waals surface area contributed by atoms with E-state index in [0.717, 1.165) is 30.6 Å². The van der Waals surface area contributed by atoms with E-state index in [2.05, 4.69) is 40.0 Å². The maximum absolute atomic E-state index is 9.98. The molecule has 0 aliphatic carbocycles. The zero-order valence-corrected chi connectivity index (χ0v) is 15.6. The van der Waals surface area contributed by atoms with E-state index in [1.165, 1.54) is 5.56 Å². The first-order valence-corrected chi connectivity index (χ1v) is 7.84. The van der Waals surface area contributed by atoms with Crippen LogP contribution in [-0.4, -0.2) is 35.3 Å². The van der Waals surface area contributed by atoms with Crippen LogP contribution < -0.4 is 0 Å². The smallest absolute Gasteiger partial charge is 0.172 e. The van der Waals surface area contributed by atoms with Crippen molar-refractivity contribution in [1.29, 1.82) is 0 Å². The maximum Gasteiger partial charge on any atom is 0.172 e. The maximum atomic E-state index is 9.98. The van der Waals surface area contributed by atoms with E-state index in [9.17, 15) is 10.2 Å². The van der Waals surface area contributed by atoms with Crippen molar-refractivity contribution >= 4 is 32.9 Å². The summed E-state index contributed by atoms with van der Waals surface area (Å²) in [4.78, 5) is 2.29. The van der Waals surface area contributed by atoms with Gasteiger partial charge >= 0.3 is 0 Å². The number of nitrogens with zero attached hydrogens (tertiary/aromatic N) is 1. The molecule has 0 spiro atoms. The first-order valence-electron chi connectivity index (χ1n) is 7.04. The van der Waals surface area contributed by atoms with Gasteiger partial charge in [-0.2, -0.15) is 0 Å². The van der Waals surface area contributed by atoms with Crippen molar-refractivity contribution in [2.45, 2.75) is 12.3 Å². The lowest BCUT2D eigenvalue weighted by molar-refractivity contribution is 0.338. The number of hydrogen-bond donors (Lipinski definition) is 2. The van der Waals surface area contributed by atoms with Crippen molar-refractivity contribution in [3.05, 3.63) is 57.6 Å². The van der Waals surface area contributed by atoms with E-state index in [1.807, 2.05) is 18.2 Å². The van der Waals surface area contributed by atoms with E-state index in [1.54, 1.807) is 6.07 Å². The molecule has 1 aliphatic heterocycles. The highest BCUT2D eigenvalue weighted by Crippen LogP contribution is 2.43. The Balaban J connectivity index is 0.00000176. The minimum atomic E-state index is -0.0647. The molecule has 118 valence electrons. The number of benzene rings is 2. The first-order chi connectivity index (χ1) is 10.1. The molecule has 0 radical (unpaired) electrons. The second-order valence-corrected chi connectivity index (χ2v) is 6.39. The summed E-state index contributed by atoms with van der Waals surface area (Å²) < 4.78 is 0.619. The second kappa shape index (κ2) is 7.02. The lowest BCUT2D eigenvalue weighted by atomic mass is 9.87. The summed E-state index contributed by atoms with van der Waals surface area (Å²) in [5, 5.41) is 20.0. The van der Waals surface area contributed by atoms with Crippen molar-refractivity contribution in [3.8, 4) is 11.5 Å². The molecule has 2 aromatic carbocycles. The molecule has 1 atom stereocenters. The third-order valence-corrected chi connectivity index (χ3v) is 5.03. The van der Waals surface area contributed by atoms with Gasteiger partial charge in [-0.25, -0.2) is 0 Å². The van der Waals surface area contributed by atoms with E-state index in [4.69, 9.17) is 0 Å². The zero-order chi connectivity index (χ0) is 15.0. The topological polar surface area (TPSA) is 43.7 Å². The highest BCUT2D eigenvalue weighted by molar-refractivity contribution is 9.10. The highest BCUT2D eigenvalue weighted by atomic mass is 79.9. The predicted octanol–water partition coefficient (Wildman–Crippen LogP) is 4.06. The molecule has 0 bridgehead atoms. The van der Waals surface area contributed by atoms with Gasteiger partial charge < -0.3 is 15.1 Å². The summed E-state index contributed by atoms with van der Waals surface area (Å²) in [5.74, 6) is 0.0627. The fraction of sp³-hybridized carbons (Fsp3) is 0.294. The van der Waals surface area contributed by atoms with Crippen LogP contribution in [0.25, 0.3) is 0 Å². The molecule has 1 heterocycles. The first kappa shape index (κ1) is 17.3. The fourth-order valence-electron chi connectivity index (χ4n) is 3.02. The van der Waals surface area contributed by atoms with Gasteiger partial charge in [0.2, 0.25) is 0 Å². The Morgan fingerprint density at radius 2 is 1.86 bits per heavy atom. The standard InChI is InChI=1S/C17H18BrNO2.BrH/c1-19-8-7-12-13(9-15(20)17(21)16(12)18)14(10-19)11-5-3-2-4-6-11;/h2-6,9,14,20-21H,7-8,10H2,1H3;1H. The average Bonchev–Trinajstić information content (AvgIpc) is 2.65. The van der Waals surface area contributed by atoms with Crippen molar-refractivity contribution in [2.75, 3.05) is 20.1 Å². The monoisotopic (exact) mass is 427 g/mol. The molecule has 0 aromatic heterocycles. The quantitative estimate of drug-likeness (QED) is 0.673. The van der Waals surface area contributed by atoms with Crippen molar-refractivity contribution < 1.29 is 10.2 Å². The van der Waals surface area contributed by atoms with E-state index in [0.29, 0.717) is 4.47 Å². The Kier molecular flexibility index (Phi) is 5.53. The van der Waals surface area contributed by atoms with Gasteiger partial charge in [-0.15, -0.1) is 17.0 Å². The number of hydrogen-bond acceptors (Lipinski definition) is 3. The van der Waals surface area contributed by atoms with Crippen molar-refractivity contribution in [3.63, 3.8) is 0 Å². The van der Waals surface area contributed by atoms with E-state index in [-0.39, 0.29) is 34.4 Å². The fourth-order valence-corrected chi connectivity index (χ4v) is 3.65. The van der Waals surface area contributed by atoms with Crippen LogP contribution in [0.1, 0.15) is 22.6 Å². The summed E-state index contributed by atoms with van der Waals surface area (Å²) in [6.45, 7) is 1.83. The van der Waals surface area contributed by atoms with Crippen LogP contribution in [0.2, 0.25) is 0 Å². The predicted molar refractivity (Wildman–Crippen MR) is 97.3 cm³/mol. The van der Waals surface area contributed by atoms with Crippen LogP contribution >= 0.6 is 32.9 Å². The molecule has 0 saturated heterocycles.